The van der Waals surface area contributed by atoms with Crippen molar-refractivity contribution in [2.45, 2.75) is 13.5 Å². The molecular formula is C23H19ClN2O3. The van der Waals surface area contributed by atoms with Gasteiger partial charge in [-0.1, -0.05) is 60.1 Å². The van der Waals surface area contributed by atoms with Crippen LogP contribution < -0.4 is 10.1 Å². The first-order valence-electron chi connectivity index (χ1n) is 9.31. The van der Waals surface area contributed by atoms with Crippen LogP contribution in [0.5, 0.6) is 5.75 Å². The van der Waals surface area contributed by atoms with E-state index >= 15 is 0 Å². The maximum atomic E-state index is 12.5. The predicted octanol–water partition coefficient (Wildman–Crippen LogP) is 4.98. The third-order valence-electron chi connectivity index (χ3n) is 4.84. The van der Waals surface area contributed by atoms with Gasteiger partial charge in [0.2, 0.25) is 0 Å². The van der Waals surface area contributed by atoms with Crippen molar-refractivity contribution in [3.8, 4) is 5.75 Å². The minimum Gasteiger partial charge on any atom is -0.488 e. The summed E-state index contributed by atoms with van der Waals surface area (Å²) in [6.45, 7) is 2.36. The van der Waals surface area contributed by atoms with Gasteiger partial charge in [0.15, 0.2) is 0 Å². The Morgan fingerprint density at radius 3 is 2.55 bits per heavy atom. The standard InChI is InChI=1S/C23H19ClN2O3/c1-2-26-22(27)20(25-23(26)28)13-18-17-9-5-3-7-15(17)11-12-21(18)29-14-16-8-4-6-10-19(16)24/h3-13H,2,14H2,1H3,(H,25,28)/b20-13+. The van der Waals surface area contributed by atoms with Gasteiger partial charge < -0.3 is 10.1 Å². The summed E-state index contributed by atoms with van der Waals surface area (Å²) < 4.78 is 6.07. The number of benzene rings is 3. The van der Waals surface area contributed by atoms with Gasteiger partial charge >= 0.3 is 6.03 Å². The Hall–Kier alpha value is -3.31. The van der Waals surface area contributed by atoms with Crippen LogP contribution in [0.2, 0.25) is 5.02 Å². The Morgan fingerprint density at radius 1 is 1.03 bits per heavy atom. The normalized spacial score (nSPS) is 15.2. The molecule has 3 amide bonds. The molecule has 1 fully saturated rings. The number of urea groups is 1. The lowest BCUT2D eigenvalue weighted by Gasteiger charge is -2.13. The van der Waals surface area contributed by atoms with Crippen LogP contribution in [0.25, 0.3) is 16.8 Å². The summed E-state index contributed by atoms with van der Waals surface area (Å²) in [5.74, 6) is 0.260. The lowest BCUT2D eigenvalue weighted by atomic mass is 10.0. The largest absolute Gasteiger partial charge is 0.488 e. The molecular weight excluding hydrogens is 388 g/mol. The van der Waals surface area contributed by atoms with Gasteiger partial charge in [-0.2, -0.15) is 0 Å². The summed E-state index contributed by atoms with van der Waals surface area (Å²) in [6, 6.07) is 18.7. The summed E-state index contributed by atoms with van der Waals surface area (Å²) in [4.78, 5) is 25.7. The fourth-order valence-corrected chi connectivity index (χ4v) is 3.51. The number of fused-ring (bicyclic) bond motifs is 1. The molecule has 0 spiro atoms. The number of hydrogen-bond acceptors (Lipinski definition) is 3. The molecule has 0 unspecified atom stereocenters. The summed E-state index contributed by atoms with van der Waals surface area (Å²) in [5, 5.41) is 5.21. The summed E-state index contributed by atoms with van der Waals surface area (Å²) >= 11 is 6.24. The molecule has 0 atom stereocenters. The van der Waals surface area contributed by atoms with E-state index in [1.54, 1.807) is 13.0 Å². The van der Waals surface area contributed by atoms with E-state index in [1.165, 1.54) is 4.90 Å². The van der Waals surface area contributed by atoms with Gasteiger partial charge in [-0.15, -0.1) is 0 Å². The van der Waals surface area contributed by atoms with Crippen LogP contribution in [0.4, 0.5) is 4.79 Å². The fraction of sp³-hybridized carbons (Fsp3) is 0.130. The second-order valence-corrected chi connectivity index (χ2v) is 7.02. The second kappa shape index (κ2) is 7.97. The number of ether oxygens (including phenoxy) is 1. The number of imide groups is 1. The molecule has 29 heavy (non-hydrogen) atoms. The molecule has 0 bridgehead atoms. The van der Waals surface area contributed by atoms with Gasteiger partial charge in [-0.3, -0.25) is 9.69 Å². The molecule has 146 valence electrons. The topological polar surface area (TPSA) is 58.6 Å². The number of carbonyl (C=O) groups excluding carboxylic acids is 2. The minimum atomic E-state index is -0.414. The van der Waals surface area contributed by atoms with Gasteiger partial charge in [0, 0.05) is 22.7 Å². The molecule has 1 N–H and O–H groups in total. The van der Waals surface area contributed by atoms with Crippen molar-refractivity contribution in [1.82, 2.24) is 10.2 Å². The predicted molar refractivity (Wildman–Crippen MR) is 114 cm³/mol. The average Bonchev–Trinajstić information content (AvgIpc) is 3.00. The highest BCUT2D eigenvalue weighted by Crippen LogP contribution is 2.32. The molecule has 5 nitrogen and oxygen atoms in total. The van der Waals surface area contributed by atoms with Crippen molar-refractivity contribution >= 4 is 40.4 Å². The Kier molecular flexibility index (Phi) is 5.23. The zero-order chi connectivity index (χ0) is 20.4. The van der Waals surface area contributed by atoms with Gasteiger partial charge in [-0.25, -0.2) is 4.79 Å². The van der Waals surface area contributed by atoms with Gasteiger partial charge in [0.25, 0.3) is 5.91 Å². The maximum absolute atomic E-state index is 12.5. The van der Waals surface area contributed by atoms with Crippen LogP contribution in [0.1, 0.15) is 18.1 Å². The molecule has 4 rings (SSSR count). The minimum absolute atomic E-state index is 0.232. The first-order chi connectivity index (χ1) is 14.1. The van der Waals surface area contributed by atoms with E-state index in [2.05, 4.69) is 5.32 Å². The van der Waals surface area contributed by atoms with E-state index in [0.717, 1.165) is 21.9 Å². The molecule has 6 heteroatoms. The van der Waals surface area contributed by atoms with E-state index in [9.17, 15) is 9.59 Å². The highest BCUT2D eigenvalue weighted by molar-refractivity contribution is 6.31. The molecule has 1 aliphatic rings. The Morgan fingerprint density at radius 2 is 1.79 bits per heavy atom. The number of hydrogen-bond donors (Lipinski definition) is 1. The fourth-order valence-electron chi connectivity index (χ4n) is 3.32. The number of rotatable bonds is 5. The zero-order valence-corrected chi connectivity index (χ0v) is 16.6. The van der Waals surface area contributed by atoms with Crippen molar-refractivity contribution < 1.29 is 14.3 Å². The summed E-state index contributed by atoms with van der Waals surface area (Å²) in [5.41, 5.74) is 1.83. The van der Waals surface area contributed by atoms with E-state index in [0.29, 0.717) is 17.3 Å². The van der Waals surface area contributed by atoms with Crippen LogP contribution in [0.15, 0.2) is 66.4 Å². The van der Waals surface area contributed by atoms with E-state index in [-0.39, 0.29) is 18.2 Å². The lowest BCUT2D eigenvalue weighted by Crippen LogP contribution is -2.30. The smallest absolute Gasteiger partial charge is 0.328 e. The molecule has 0 radical (unpaired) electrons. The van der Waals surface area contributed by atoms with Crippen molar-refractivity contribution in [2.75, 3.05) is 6.54 Å². The van der Waals surface area contributed by atoms with Crippen LogP contribution in [-0.2, 0) is 11.4 Å². The number of halogens is 1. The molecule has 1 aliphatic heterocycles. The highest BCUT2D eigenvalue weighted by atomic mass is 35.5. The van der Waals surface area contributed by atoms with Crippen LogP contribution in [0.3, 0.4) is 0 Å². The van der Waals surface area contributed by atoms with Gasteiger partial charge in [-0.05, 0) is 35.9 Å². The van der Waals surface area contributed by atoms with E-state index in [1.807, 2.05) is 60.7 Å². The quantitative estimate of drug-likeness (QED) is 0.480. The molecule has 1 saturated heterocycles. The highest BCUT2D eigenvalue weighted by Gasteiger charge is 2.32. The number of nitrogens with one attached hydrogen (secondary N) is 1. The number of carbonyl (C=O) groups is 2. The lowest BCUT2D eigenvalue weighted by molar-refractivity contribution is -0.122. The van der Waals surface area contributed by atoms with E-state index < -0.39 is 6.03 Å². The monoisotopic (exact) mass is 406 g/mol. The first-order valence-corrected chi connectivity index (χ1v) is 9.68. The molecule has 0 aromatic heterocycles. The second-order valence-electron chi connectivity index (χ2n) is 6.62. The third-order valence-corrected chi connectivity index (χ3v) is 5.21. The zero-order valence-electron chi connectivity index (χ0n) is 15.8. The number of likely N-dealkylation sites (N-methyl/N-ethyl adjacent to an activating group) is 1. The molecule has 0 saturated carbocycles. The van der Waals surface area contributed by atoms with Crippen molar-refractivity contribution in [2.24, 2.45) is 0 Å². The third kappa shape index (κ3) is 3.69. The van der Waals surface area contributed by atoms with E-state index in [4.69, 9.17) is 16.3 Å². The van der Waals surface area contributed by atoms with Crippen molar-refractivity contribution in [1.29, 1.82) is 0 Å². The first kappa shape index (κ1) is 19.0. The van der Waals surface area contributed by atoms with Crippen LogP contribution in [0, 0.1) is 0 Å². The van der Waals surface area contributed by atoms with Crippen molar-refractivity contribution in [3.05, 3.63) is 82.5 Å². The van der Waals surface area contributed by atoms with Gasteiger partial charge in [0.05, 0.1) is 0 Å². The number of nitrogens with zero attached hydrogens (tertiary/aromatic N) is 1. The number of amides is 3. The van der Waals surface area contributed by atoms with Gasteiger partial charge in [0.1, 0.15) is 18.1 Å². The van der Waals surface area contributed by atoms with Crippen LogP contribution in [-0.4, -0.2) is 23.4 Å². The summed E-state index contributed by atoms with van der Waals surface area (Å²) in [7, 11) is 0. The SMILES string of the molecule is CCN1C(=O)N/C(=C/c2c(OCc3ccccc3Cl)ccc3ccccc23)C1=O. The molecule has 0 aliphatic carbocycles. The molecule has 1 heterocycles. The molecule has 3 aromatic rings. The average molecular weight is 407 g/mol. The van der Waals surface area contributed by atoms with Crippen LogP contribution >= 0.6 is 11.6 Å². The Bertz CT molecular complexity index is 1140. The molecule has 3 aromatic carbocycles. The summed E-state index contributed by atoms with van der Waals surface area (Å²) in [6.07, 6.45) is 1.68. The maximum Gasteiger partial charge on any atom is 0.328 e. The Balaban J connectivity index is 1.76. The Labute approximate surface area is 173 Å². The van der Waals surface area contributed by atoms with Crippen molar-refractivity contribution in [3.63, 3.8) is 0 Å².